The van der Waals surface area contributed by atoms with Crippen molar-refractivity contribution in [1.82, 2.24) is 0 Å². The van der Waals surface area contributed by atoms with Crippen molar-refractivity contribution in [2.24, 2.45) is 0 Å². The minimum absolute atomic E-state index is 0.320. The lowest BCUT2D eigenvalue weighted by atomic mass is 10.2. The van der Waals surface area contributed by atoms with Gasteiger partial charge in [-0.25, -0.2) is 0 Å². The topological polar surface area (TPSA) is 35.5 Å². The van der Waals surface area contributed by atoms with Crippen molar-refractivity contribution in [1.29, 1.82) is 0 Å². The summed E-state index contributed by atoms with van der Waals surface area (Å²) in [4.78, 5) is 11.0. The Labute approximate surface area is 87.6 Å². The van der Waals surface area contributed by atoms with Gasteiger partial charge in [0.25, 0.3) is 5.24 Å². The molecule has 0 aliphatic heterocycles. The molecule has 0 fully saturated rings. The lowest BCUT2D eigenvalue weighted by Gasteiger charge is -2.10. The monoisotopic (exact) mass is 214 g/mol. The summed E-state index contributed by atoms with van der Waals surface area (Å²) in [6, 6.07) is 5.02. The van der Waals surface area contributed by atoms with Crippen molar-refractivity contribution in [3.8, 4) is 11.5 Å². The third kappa shape index (κ3) is 2.17. The highest BCUT2D eigenvalue weighted by Crippen LogP contribution is 2.31. The fraction of sp³-hybridized carbons (Fsp3) is 0.300. The Morgan fingerprint density at radius 3 is 2.71 bits per heavy atom. The maximum atomic E-state index is 11.0. The molecule has 1 aromatic carbocycles. The van der Waals surface area contributed by atoms with Crippen LogP contribution in [0.2, 0.25) is 0 Å². The van der Waals surface area contributed by atoms with Crippen LogP contribution in [-0.4, -0.2) is 19.0 Å². The molecule has 0 saturated heterocycles. The summed E-state index contributed by atoms with van der Waals surface area (Å²) in [5, 5.41) is -0.552. The van der Waals surface area contributed by atoms with Crippen LogP contribution in [0, 0.1) is 0 Å². The van der Waals surface area contributed by atoms with Gasteiger partial charge < -0.3 is 9.47 Å². The van der Waals surface area contributed by atoms with Crippen LogP contribution >= 0.6 is 11.6 Å². The van der Waals surface area contributed by atoms with Crippen LogP contribution in [0.1, 0.15) is 17.3 Å². The van der Waals surface area contributed by atoms with Gasteiger partial charge in [-0.15, -0.1) is 0 Å². The van der Waals surface area contributed by atoms with Crippen molar-refractivity contribution in [2.75, 3.05) is 13.7 Å². The van der Waals surface area contributed by atoms with E-state index in [1.807, 2.05) is 6.92 Å². The highest BCUT2D eigenvalue weighted by Gasteiger charge is 2.14. The predicted molar refractivity (Wildman–Crippen MR) is 54.3 cm³/mol. The summed E-state index contributed by atoms with van der Waals surface area (Å²) in [5.74, 6) is 0.913. The minimum Gasteiger partial charge on any atom is -0.492 e. The second-order valence-electron chi connectivity index (χ2n) is 2.54. The van der Waals surface area contributed by atoms with Crippen LogP contribution in [0.15, 0.2) is 18.2 Å². The van der Waals surface area contributed by atoms with Crippen molar-refractivity contribution in [3.05, 3.63) is 23.8 Å². The number of benzene rings is 1. The van der Waals surface area contributed by atoms with Crippen LogP contribution in [0.5, 0.6) is 11.5 Å². The molecular formula is C10H11ClO3. The Morgan fingerprint density at radius 2 is 2.21 bits per heavy atom. The number of ether oxygens (including phenoxy) is 2. The van der Waals surface area contributed by atoms with E-state index in [0.29, 0.717) is 23.7 Å². The summed E-state index contributed by atoms with van der Waals surface area (Å²) in [6.07, 6.45) is 0. The van der Waals surface area contributed by atoms with E-state index in [9.17, 15) is 4.79 Å². The Balaban J connectivity index is 3.17. The molecule has 3 nitrogen and oxygen atoms in total. The molecule has 0 spiro atoms. The second-order valence-corrected chi connectivity index (χ2v) is 2.89. The number of carbonyl (C=O) groups is 1. The van der Waals surface area contributed by atoms with Gasteiger partial charge in [-0.2, -0.15) is 0 Å². The first kappa shape index (κ1) is 10.9. The highest BCUT2D eigenvalue weighted by molar-refractivity contribution is 6.68. The smallest absolute Gasteiger partial charge is 0.256 e. The molecular weight excluding hydrogens is 204 g/mol. The molecule has 1 aromatic rings. The Kier molecular flexibility index (Phi) is 3.77. The van der Waals surface area contributed by atoms with Crippen LogP contribution in [0.25, 0.3) is 0 Å². The van der Waals surface area contributed by atoms with E-state index in [4.69, 9.17) is 21.1 Å². The van der Waals surface area contributed by atoms with Gasteiger partial charge in [-0.3, -0.25) is 4.79 Å². The summed E-state index contributed by atoms with van der Waals surface area (Å²) in [6.45, 7) is 2.37. The zero-order chi connectivity index (χ0) is 10.6. The Bertz CT molecular complexity index is 336. The fourth-order valence-corrected chi connectivity index (χ4v) is 1.30. The molecule has 0 unspecified atom stereocenters. The van der Waals surface area contributed by atoms with E-state index < -0.39 is 5.24 Å². The molecule has 0 aliphatic rings. The molecule has 76 valence electrons. The molecule has 0 N–H and O–H groups in total. The van der Waals surface area contributed by atoms with Gasteiger partial charge in [0, 0.05) is 0 Å². The van der Waals surface area contributed by atoms with Crippen LogP contribution < -0.4 is 9.47 Å². The standard InChI is InChI=1S/C10H11ClO3/c1-3-14-8-6-4-5-7(10(11)12)9(8)13-2/h4-6H,3H2,1-2H3. The maximum Gasteiger partial charge on any atom is 0.256 e. The van der Waals surface area contributed by atoms with E-state index in [2.05, 4.69) is 0 Å². The van der Waals surface area contributed by atoms with Crippen molar-refractivity contribution in [3.63, 3.8) is 0 Å². The summed E-state index contributed by atoms with van der Waals surface area (Å²) in [7, 11) is 1.47. The van der Waals surface area contributed by atoms with Gasteiger partial charge in [0.05, 0.1) is 19.3 Å². The molecule has 0 aromatic heterocycles. The fourth-order valence-electron chi connectivity index (χ4n) is 1.15. The normalized spacial score (nSPS) is 9.64. The number of methoxy groups -OCH3 is 1. The number of rotatable bonds is 4. The van der Waals surface area contributed by atoms with Crippen molar-refractivity contribution in [2.45, 2.75) is 6.92 Å². The molecule has 4 heteroatoms. The van der Waals surface area contributed by atoms with Gasteiger partial charge in [0.15, 0.2) is 11.5 Å². The first-order valence-electron chi connectivity index (χ1n) is 4.20. The van der Waals surface area contributed by atoms with Gasteiger partial charge in [-0.05, 0) is 30.7 Å². The largest absolute Gasteiger partial charge is 0.492 e. The molecule has 0 radical (unpaired) electrons. The number of para-hydroxylation sites is 1. The van der Waals surface area contributed by atoms with Gasteiger partial charge in [-0.1, -0.05) is 6.07 Å². The number of carbonyl (C=O) groups excluding carboxylic acids is 1. The maximum absolute atomic E-state index is 11.0. The Morgan fingerprint density at radius 1 is 1.50 bits per heavy atom. The summed E-state index contributed by atoms with van der Waals surface area (Å²) >= 11 is 5.38. The van der Waals surface area contributed by atoms with Gasteiger partial charge in [0.2, 0.25) is 0 Å². The first-order chi connectivity index (χ1) is 6.70. The number of halogens is 1. The predicted octanol–water partition coefficient (Wildman–Crippen LogP) is 2.47. The van der Waals surface area contributed by atoms with Crippen molar-refractivity contribution >= 4 is 16.8 Å². The second kappa shape index (κ2) is 4.86. The number of hydrogen-bond donors (Lipinski definition) is 0. The van der Waals surface area contributed by atoms with Crippen LogP contribution in [-0.2, 0) is 0 Å². The van der Waals surface area contributed by atoms with E-state index in [1.54, 1.807) is 18.2 Å². The number of hydrogen-bond acceptors (Lipinski definition) is 3. The first-order valence-corrected chi connectivity index (χ1v) is 4.58. The summed E-state index contributed by atoms with van der Waals surface area (Å²) < 4.78 is 10.3. The molecule has 0 amide bonds. The van der Waals surface area contributed by atoms with E-state index in [-0.39, 0.29) is 0 Å². The molecule has 0 atom stereocenters. The van der Waals surface area contributed by atoms with Gasteiger partial charge >= 0.3 is 0 Å². The highest BCUT2D eigenvalue weighted by atomic mass is 35.5. The molecule has 14 heavy (non-hydrogen) atoms. The third-order valence-electron chi connectivity index (χ3n) is 1.69. The lowest BCUT2D eigenvalue weighted by molar-refractivity contribution is 0.107. The molecule has 0 saturated carbocycles. The molecule has 0 heterocycles. The average molecular weight is 215 g/mol. The zero-order valence-electron chi connectivity index (χ0n) is 8.04. The zero-order valence-corrected chi connectivity index (χ0v) is 8.80. The van der Waals surface area contributed by atoms with E-state index in [1.165, 1.54) is 7.11 Å². The van der Waals surface area contributed by atoms with Crippen molar-refractivity contribution < 1.29 is 14.3 Å². The van der Waals surface area contributed by atoms with E-state index >= 15 is 0 Å². The quantitative estimate of drug-likeness (QED) is 0.723. The molecule has 0 bridgehead atoms. The molecule has 0 aliphatic carbocycles. The van der Waals surface area contributed by atoms with Crippen LogP contribution in [0.4, 0.5) is 0 Å². The Hall–Kier alpha value is -1.22. The lowest BCUT2D eigenvalue weighted by Crippen LogP contribution is -2.00. The summed E-state index contributed by atoms with van der Waals surface area (Å²) in [5.41, 5.74) is 0.320. The third-order valence-corrected chi connectivity index (χ3v) is 1.90. The van der Waals surface area contributed by atoms with Crippen LogP contribution in [0.3, 0.4) is 0 Å². The average Bonchev–Trinajstić information content (AvgIpc) is 2.18. The van der Waals surface area contributed by atoms with E-state index in [0.717, 1.165) is 0 Å². The van der Waals surface area contributed by atoms with Gasteiger partial charge in [0.1, 0.15) is 0 Å². The molecule has 1 rings (SSSR count). The SMILES string of the molecule is CCOc1cccc(C(=O)Cl)c1OC. The minimum atomic E-state index is -0.552.